The molecule has 0 fully saturated rings. The third-order valence-electron chi connectivity index (χ3n) is 16.9. The first-order valence-electron chi connectivity index (χ1n) is 37.8. The Morgan fingerprint density at radius 1 is 0.356 bits per heavy atom. The van der Waals surface area contributed by atoms with Crippen molar-refractivity contribution >= 4 is 19.8 Å². The van der Waals surface area contributed by atoms with Gasteiger partial charge in [0.25, 0.3) is 0 Å². The number of ether oxygens (including phenoxy) is 2. The molecule has 0 aromatic heterocycles. The standard InChI is InChI=1S/C77H144NO8P/c1-3-5-7-9-11-13-15-17-19-21-23-25-27-29-31-33-34-35-36-37-38-39-40-42-44-46-48-50-52-54-56-58-60-62-64-66-68-70-77(80)86-75(74-85-87(81,82)84-72-71-78)73-83-76(79)69-67-65-63-61-59-57-55-53-51-49-47-45-43-41-32-30-28-26-24-22-20-18-16-14-12-10-8-6-4-2/h5,7,11,13,17,19,22-25,75H,3-4,6,8-10,12,14-16,18,20-21,26-74,78H2,1-2H3,(H,81,82)/b7-5-,13-11-,19-17-,24-22-,25-23-. The highest BCUT2D eigenvalue weighted by atomic mass is 31.2. The predicted octanol–water partition coefficient (Wildman–Crippen LogP) is 25.0. The summed E-state index contributed by atoms with van der Waals surface area (Å²) in [7, 11) is -4.39. The highest BCUT2D eigenvalue weighted by molar-refractivity contribution is 7.47. The number of unbranched alkanes of at least 4 members (excludes halogenated alkanes) is 49. The third kappa shape index (κ3) is 72.6. The van der Waals surface area contributed by atoms with Crippen molar-refractivity contribution in [1.82, 2.24) is 0 Å². The molecule has 0 aliphatic rings. The number of hydrogen-bond donors (Lipinski definition) is 2. The highest BCUT2D eigenvalue weighted by Crippen LogP contribution is 2.43. The van der Waals surface area contributed by atoms with Crippen LogP contribution in [0, 0.1) is 0 Å². The molecule has 0 aliphatic carbocycles. The Kier molecular flexibility index (Phi) is 70.9. The van der Waals surface area contributed by atoms with Gasteiger partial charge in [-0.2, -0.15) is 0 Å². The number of allylic oxidation sites excluding steroid dienone is 10. The van der Waals surface area contributed by atoms with Gasteiger partial charge in [-0.15, -0.1) is 0 Å². The molecular formula is C77H144NO8P. The molecule has 3 N–H and O–H groups in total. The van der Waals surface area contributed by atoms with Crippen molar-refractivity contribution in [2.45, 2.75) is 392 Å². The minimum Gasteiger partial charge on any atom is -0.462 e. The summed E-state index contributed by atoms with van der Waals surface area (Å²) in [4.78, 5) is 35.4. The fourth-order valence-electron chi connectivity index (χ4n) is 11.3. The zero-order chi connectivity index (χ0) is 63.0. The van der Waals surface area contributed by atoms with Gasteiger partial charge in [-0.05, 0) is 77.0 Å². The second-order valence-corrected chi connectivity index (χ2v) is 26.9. The van der Waals surface area contributed by atoms with Gasteiger partial charge in [0.2, 0.25) is 0 Å². The molecule has 0 aromatic carbocycles. The van der Waals surface area contributed by atoms with Crippen LogP contribution in [0.2, 0.25) is 0 Å². The van der Waals surface area contributed by atoms with Crippen molar-refractivity contribution in [3.8, 4) is 0 Å². The molecule has 0 aliphatic heterocycles. The molecule has 9 nitrogen and oxygen atoms in total. The number of esters is 2. The first-order valence-corrected chi connectivity index (χ1v) is 39.3. The van der Waals surface area contributed by atoms with E-state index in [-0.39, 0.29) is 38.6 Å². The summed E-state index contributed by atoms with van der Waals surface area (Å²) in [6.07, 6.45) is 94.9. The molecule has 0 amide bonds. The summed E-state index contributed by atoms with van der Waals surface area (Å²) in [5, 5.41) is 0. The molecule has 0 spiro atoms. The van der Waals surface area contributed by atoms with Gasteiger partial charge in [0.15, 0.2) is 6.10 Å². The number of nitrogens with two attached hydrogens (primary N) is 1. The first kappa shape index (κ1) is 84.7. The van der Waals surface area contributed by atoms with Crippen LogP contribution in [0.3, 0.4) is 0 Å². The molecule has 2 atom stereocenters. The molecule has 0 heterocycles. The molecular weight excluding hydrogens is 1100 g/mol. The second-order valence-electron chi connectivity index (χ2n) is 25.5. The fraction of sp³-hybridized carbons (Fsp3) is 0.844. The van der Waals surface area contributed by atoms with Crippen LogP contribution in [-0.2, 0) is 32.7 Å². The highest BCUT2D eigenvalue weighted by Gasteiger charge is 2.26. The van der Waals surface area contributed by atoms with Gasteiger partial charge in [-0.3, -0.25) is 18.6 Å². The van der Waals surface area contributed by atoms with Crippen molar-refractivity contribution in [2.75, 3.05) is 26.4 Å². The monoisotopic (exact) mass is 1240 g/mol. The van der Waals surface area contributed by atoms with Crippen LogP contribution in [0.5, 0.6) is 0 Å². The molecule has 2 unspecified atom stereocenters. The van der Waals surface area contributed by atoms with E-state index >= 15 is 0 Å². The molecule has 87 heavy (non-hydrogen) atoms. The summed E-state index contributed by atoms with van der Waals surface area (Å²) < 4.78 is 33.2. The molecule has 0 rings (SSSR count). The van der Waals surface area contributed by atoms with E-state index < -0.39 is 26.5 Å². The van der Waals surface area contributed by atoms with E-state index in [1.54, 1.807) is 0 Å². The van der Waals surface area contributed by atoms with Gasteiger partial charge in [0.05, 0.1) is 13.2 Å². The van der Waals surface area contributed by atoms with E-state index in [9.17, 15) is 19.0 Å². The Balaban J connectivity index is 3.78. The van der Waals surface area contributed by atoms with E-state index in [0.717, 1.165) is 57.8 Å². The average Bonchev–Trinajstić information content (AvgIpc) is 3.65. The molecule has 0 saturated carbocycles. The van der Waals surface area contributed by atoms with Gasteiger partial charge in [0, 0.05) is 19.4 Å². The average molecular weight is 1240 g/mol. The first-order chi connectivity index (χ1) is 42.8. The normalized spacial score (nSPS) is 13.2. The summed E-state index contributed by atoms with van der Waals surface area (Å²) in [5.74, 6) is -0.805. The maximum Gasteiger partial charge on any atom is 0.472 e. The molecule has 0 bridgehead atoms. The lowest BCUT2D eigenvalue weighted by Crippen LogP contribution is -2.29. The number of hydrogen-bond acceptors (Lipinski definition) is 8. The lowest BCUT2D eigenvalue weighted by Gasteiger charge is -2.19. The smallest absolute Gasteiger partial charge is 0.462 e. The molecule has 0 aromatic rings. The Labute approximate surface area is 539 Å². The molecule has 0 radical (unpaired) electrons. The second kappa shape index (κ2) is 72.8. The number of phosphoric ester groups is 1. The van der Waals surface area contributed by atoms with E-state index in [1.165, 1.54) is 295 Å². The zero-order valence-corrected chi connectivity index (χ0v) is 58.4. The quantitative estimate of drug-likeness (QED) is 0.0264. The summed E-state index contributed by atoms with van der Waals surface area (Å²) in [6, 6.07) is 0. The van der Waals surface area contributed by atoms with Gasteiger partial charge < -0.3 is 20.1 Å². The lowest BCUT2D eigenvalue weighted by atomic mass is 10.0. The largest absolute Gasteiger partial charge is 0.472 e. The van der Waals surface area contributed by atoms with Crippen molar-refractivity contribution in [3.63, 3.8) is 0 Å². The van der Waals surface area contributed by atoms with Crippen LogP contribution in [0.1, 0.15) is 386 Å². The number of carbonyl (C=O) groups excluding carboxylic acids is 2. The van der Waals surface area contributed by atoms with Gasteiger partial charge in [-0.1, -0.05) is 357 Å². The van der Waals surface area contributed by atoms with E-state index in [4.69, 9.17) is 24.3 Å². The van der Waals surface area contributed by atoms with Crippen molar-refractivity contribution in [1.29, 1.82) is 0 Å². The van der Waals surface area contributed by atoms with Crippen LogP contribution in [0.15, 0.2) is 60.8 Å². The summed E-state index contributed by atoms with van der Waals surface area (Å²) >= 11 is 0. The van der Waals surface area contributed by atoms with E-state index in [1.807, 2.05) is 0 Å². The van der Waals surface area contributed by atoms with Gasteiger partial charge in [-0.25, -0.2) is 4.57 Å². The topological polar surface area (TPSA) is 134 Å². The SMILES string of the molecule is CC/C=C\C/C=C\C/C=C\C/C=C\CCCCCCCCCCCCCCCCCCCCCCCCCCC(=O)OC(COC(=O)CCCCCCCCCCCCCCCCCCC/C=C\CCCCCCCCCC)COP(=O)(O)OCCN. The van der Waals surface area contributed by atoms with E-state index in [2.05, 4.69) is 74.6 Å². The minimum absolute atomic E-state index is 0.0554. The third-order valence-corrected chi connectivity index (χ3v) is 17.9. The summed E-state index contributed by atoms with van der Waals surface area (Å²) in [5.41, 5.74) is 5.41. The maximum atomic E-state index is 12.8. The number of phosphoric acid groups is 1. The zero-order valence-electron chi connectivity index (χ0n) is 57.5. The van der Waals surface area contributed by atoms with Crippen LogP contribution >= 0.6 is 7.82 Å². The number of carbonyl (C=O) groups is 2. The van der Waals surface area contributed by atoms with Gasteiger partial charge in [0.1, 0.15) is 6.61 Å². The minimum atomic E-state index is -4.39. The van der Waals surface area contributed by atoms with Crippen molar-refractivity contribution in [3.05, 3.63) is 60.8 Å². The Bertz CT molecular complexity index is 1610. The molecule has 10 heteroatoms. The molecule has 510 valence electrons. The van der Waals surface area contributed by atoms with Crippen LogP contribution in [0.25, 0.3) is 0 Å². The van der Waals surface area contributed by atoms with Gasteiger partial charge >= 0.3 is 19.8 Å². The fourth-order valence-corrected chi connectivity index (χ4v) is 12.1. The van der Waals surface area contributed by atoms with Crippen LogP contribution in [-0.4, -0.2) is 49.3 Å². The van der Waals surface area contributed by atoms with E-state index in [0.29, 0.717) is 6.42 Å². The predicted molar refractivity (Wildman–Crippen MR) is 376 cm³/mol. The lowest BCUT2D eigenvalue weighted by molar-refractivity contribution is -0.161. The van der Waals surface area contributed by atoms with Crippen molar-refractivity contribution < 1.29 is 37.6 Å². The summed E-state index contributed by atoms with van der Waals surface area (Å²) in [6.45, 7) is 3.70. The maximum absolute atomic E-state index is 12.8. The van der Waals surface area contributed by atoms with Crippen LogP contribution in [0.4, 0.5) is 0 Å². The molecule has 0 saturated heterocycles. The Morgan fingerprint density at radius 3 is 0.954 bits per heavy atom. The Hall–Kier alpha value is -2.29. The van der Waals surface area contributed by atoms with Crippen LogP contribution < -0.4 is 5.73 Å². The Morgan fingerprint density at radius 2 is 0.632 bits per heavy atom. The number of rotatable bonds is 72. The van der Waals surface area contributed by atoms with Crippen molar-refractivity contribution in [2.24, 2.45) is 5.73 Å².